The second-order valence-electron chi connectivity index (χ2n) is 9.50. The Bertz CT molecular complexity index is 850. The SMILES string of the molecule is O=C(C[C@H]1CC=CC[C@@H](Cc2ccccc2)C(=O)OCC2(CCCC2)NC1=O)NCCOCCO. The maximum atomic E-state index is 13.2. The largest absolute Gasteiger partial charge is 0.463 e. The highest BCUT2D eigenvalue weighted by atomic mass is 16.5. The molecule has 0 aromatic heterocycles. The molecule has 3 N–H and O–H groups in total. The fourth-order valence-electron chi connectivity index (χ4n) is 4.74. The predicted octanol–water partition coefficient (Wildman–Crippen LogP) is 2.30. The van der Waals surface area contributed by atoms with Crippen molar-refractivity contribution in [2.45, 2.75) is 56.9 Å². The zero-order valence-electron chi connectivity index (χ0n) is 20.4. The summed E-state index contributed by atoms with van der Waals surface area (Å²) in [6.07, 6.45) is 8.85. The molecule has 3 rings (SSSR count). The van der Waals surface area contributed by atoms with Crippen LogP contribution in [0.1, 0.15) is 50.5 Å². The molecule has 2 atom stereocenters. The van der Waals surface area contributed by atoms with Crippen LogP contribution in [0.4, 0.5) is 0 Å². The van der Waals surface area contributed by atoms with Crippen LogP contribution >= 0.6 is 0 Å². The van der Waals surface area contributed by atoms with E-state index in [1.54, 1.807) is 0 Å². The number of rotatable bonds is 9. The van der Waals surface area contributed by atoms with Gasteiger partial charge in [-0.05, 0) is 37.7 Å². The predicted molar refractivity (Wildman–Crippen MR) is 131 cm³/mol. The van der Waals surface area contributed by atoms with Gasteiger partial charge < -0.3 is 25.2 Å². The second kappa shape index (κ2) is 14.0. The molecule has 1 heterocycles. The summed E-state index contributed by atoms with van der Waals surface area (Å²) in [5.74, 6) is -1.44. The van der Waals surface area contributed by atoms with Crippen molar-refractivity contribution < 1.29 is 29.0 Å². The minimum absolute atomic E-state index is 0.0637. The molecular formula is C27H38N2O6. The molecule has 1 spiro atoms. The number of hydrogen-bond donors (Lipinski definition) is 3. The van der Waals surface area contributed by atoms with Gasteiger partial charge in [-0.2, -0.15) is 0 Å². The Labute approximate surface area is 207 Å². The molecule has 2 aliphatic rings. The molecule has 1 aliphatic heterocycles. The molecule has 1 aromatic carbocycles. The summed E-state index contributed by atoms with van der Waals surface area (Å²) in [7, 11) is 0. The van der Waals surface area contributed by atoms with Gasteiger partial charge in [-0.1, -0.05) is 55.3 Å². The monoisotopic (exact) mass is 486 g/mol. The Hall–Kier alpha value is -2.71. The zero-order chi connectivity index (χ0) is 24.9. The van der Waals surface area contributed by atoms with Crippen LogP contribution < -0.4 is 10.6 Å². The van der Waals surface area contributed by atoms with Crippen LogP contribution in [-0.4, -0.2) is 61.4 Å². The summed E-state index contributed by atoms with van der Waals surface area (Å²) < 4.78 is 11.0. The zero-order valence-corrected chi connectivity index (χ0v) is 20.4. The van der Waals surface area contributed by atoms with Gasteiger partial charge >= 0.3 is 5.97 Å². The van der Waals surface area contributed by atoms with Crippen LogP contribution in [0.3, 0.4) is 0 Å². The number of amides is 2. The van der Waals surface area contributed by atoms with Crippen molar-refractivity contribution in [3.05, 3.63) is 48.0 Å². The molecular weight excluding hydrogens is 448 g/mol. The maximum absolute atomic E-state index is 13.2. The van der Waals surface area contributed by atoms with E-state index >= 15 is 0 Å². The van der Waals surface area contributed by atoms with Crippen molar-refractivity contribution in [3.63, 3.8) is 0 Å². The van der Waals surface area contributed by atoms with Gasteiger partial charge in [0.15, 0.2) is 0 Å². The fourth-order valence-corrected chi connectivity index (χ4v) is 4.74. The Morgan fingerprint density at radius 3 is 2.51 bits per heavy atom. The molecule has 8 nitrogen and oxygen atoms in total. The minimum Gasteiger partial charge on any atom is -0.463 e. The normalized spacial score (nSPS) is 22.7. The van der Waals surface area contributed by atoms with Crippen LogP contribution in [0.15, 0.2) is 42.5 Å². The molecule has 0 bridgehead atoms. The van der Waals surface area contributed by atoms with E-state index in [-0.39, 0.29) is 49.9 Å². The summed E-state index contributed by atoms with van der Waals surface area (Å²) in [5, 5.41) is 14.7. The summed E-state index contributed by atoms with van der Waals surface area (Å²) in [6, 6.07) is 9.89. The first-order valence-corrected chi connectivity index (χ1v) is 12.6. The Morgan fingerprint density at radius 2 is 1.80 bits per heavy atom. The number of benzene rings is 1. The van der Waals surface area contributed by atoms with E-state index < -0.39 is 11.5 Å². The first-order valence-electron chi connectivity index (χ1n) is 12.6. The number of carbonyl (C=O) groups excluding carboxylic acids is 3. The highest BCUT2D eigenvalue weighted by Gasteiger charge is 2.39. The number of nitrogens with one attached hydrogen (secondary N) is 2. The lowest BCUT2D eigenvalue weighted by molar-refractivity contribution is -0.152. The maximum Gasteiger partial charge on any atom is 0.309 e. The molecule has 0 saturated heterocycles. The van der Waals surface area contributed by atoms with Crippen molar-refractivity contribution in [1.82, 2.24) is 10.6 Å². The molecule has 1 aliphatic carbocycles. The quantitative estimate of drug-likeness (QED) is 0.280. The minimum atomic E-state index is -0.570. The lowest BCUT2D eigenvalue weighted by Gasteiger charge is -2.32. The molecule has 2 amide bonds. The first-order chi connectivity index (χ1) is 17.0. The number of esters is 1. The van der Waals surface area contributed by atoms with E-state index in [2.05, 4.69) is 10.6 Å². The number of carbonyl (C=O) groups is 3. The van der Waals surface area contributed by atoms with Crippen LogP contribution in [0, 0.1) is 11.8 Å². The van der Waals surface area contributed by atoms with Crippen molar-refractivity contribution in [2.75, 3.05) is 33.0 Å². The van der Waals surface area contributed by atoms with E-state index in [0.717, 1.165) is 31.2 Å². The van der Waals surface area contributed by atoms with E-state index in [1.165, 1.54) is 0 Å². The standard InChI is InChI=1S/C27H38N2O6/c30-15-17-34-16-14-28-24(31)19-22-10-4-5-11-23(18-21-8-2-1-3-9-21)26(33)35-20-27(29-25(22)32)12-6-7-13-27/h1-5,8-9,22-23,30H,6-7,10-20H2,(H,28,31)(H,29,32)/t22-,23+/m1/s1. The number of cyclic esters (lactones) is 1. The fraction of sp³-hybridized carbons (Fsp3) is 0.593. The number of ether oxygens (including phenoxy) is 2. The molecule has 0 radical (unpaired) electrons. The Morgan fingerprint density at radius 1 is 1.09 bits per heavy atom. The first kappa shape index (κ1) is 26.9. The average molecular weight is 487 g/mol. The van der Waals surface area contributed by atoms with Crippen molar-refractivity contribution in [2.24, 2.45) is 11.8 Å². The highest BCUT2D eigenvalue weighted by molar-refractivity contribution is 5.86. The summed E-state index contributed by atoms with van der Waals surface area (Å²) in [5.41, 5.74) is 0.510. The number of aliphatic hydroxyl groups excluding tert-OH is 1. The molecule has 1 fully saturated rings. The second-order valence-corrected chi connectivity index (χ2v) is 9.50. The summed E-state index contributed by atoms with van der Waals surface area (Å²) >= 11 is 0. The third-order valence-electron chi connectivity index (χ3n) is 6.71. The topological polar surface area (TPSA) is 114 Å². The summed E-state index contributed by atoms with van der Waals surface area (Å²) in [6.45, 7) is 0.952. The van der Waals surface area contributed by atoms with Gasteiger partial charge in [-0.3, -0.25) is 14.4 Å². The van der Waals surface area contributed by atoms with Gasteiger partial charge in [0.1, 0.15) is 6.61 Å². The van der Waals surface area contributed by atoms with E-state index in [1.807, 2.05) is 42.5 Å². The van der Waals surface area contributed by atoms with E-state index in [4.69, 9.17) is 14.6 Å². The lowest BCUT2D eigenvalue weighted by Crippen LogP contribution is -2.52. The van der Waals surface area contributed by atoms with E-state index in [9.17, 15) is 14.4 Å². The molecule has 35 heavy (non-hydrogen) atoms. The highest BCUT2D eigenvalue weighted by Crippen LogP contribution is 2.31. The Balaban J connectivity index is 1.68. The number of allylic oxidation sites excluding steroid dienone is 2. The average Bonchev–Trinajstić information content (AvgIpc) is 3.32. The third-order valence-corrected chi connectivity index (χ3v) is 6.71. The smallest absolute Gasteiger partial charge is 0.309 e. The van der Waals surface area contributed by atoms with Gasteiger partial charge in [0.2, 0.25) is 11.8 Å². The molecule has 1 aromatic rings. The number of hydrogen-bond acceptors (Lipinski definition) is 6. The number of aliphatic hydroxyl groups is 1. The summed E-state index contributed by atoms with van der Waals surface area (Å²) in [4.78, 5) is 38.7. The molecule has 0 unspecified atom stereocenters. The van der Waals surface area contributed by atoms with Crippen LogP contribution in [0.25, 0.3) is 0 Å². The van der Waals surface area contributed by atoms with Gasteiger partial charge in [0.25, 0.3) is 0 Å². The molecule has 192 valence electrons. The van der Waals surface area contributed by atoms with Gasteiger partial charge in [0, 0.05) is 13.0 Å². The van der Waals surface area contributed by atoms with Gasteiger partial charge in [-0.25, -0.2) is 0 Å². The lowest BCUT2D eigenvalue weighted by atomic mass is 9.92. The van der Waals surface area contributed by atoms with Gasteiger partial charge in [-0.15, -0.1) is 0 Å². The van der Waals surface area contributed by atoms with Crippen molar-refractivity contribution in [3.8, 4) is 0 Å². The van der Waals surface area contributed by atoms with Crippen LogP contribution in [0.2, 0.25) is 0 Å². The van der Waals surface area contributed by atoms with Crippen molar-refractivity contribution in [1.29, 1.82) is 0 Å². The van der Waals surface area contributed by atoms with Crippen LogP contribution in [-0.2, 0) is 30.3 Å². The van der Waals surface area contributed by atoms with Gasteiger partial charge in [0.05, 0.1) is 37.2 Å². The van der Waals surface area contributed by atoms with Crippen molar-refractivity contribution >= 4 is 17.8 Å². The third kappa shape index (κ3) is 8.78. The Kier molecular flexibility index (Phi) is 10.8. The molecule has 1 saturated carbocycles. The van der Waals surface area contributed by atoms with E-state index in [0.29, 0.717) is 32.4 Å². The van der Waals surface area contributed by atoms with Crippen LogP contribution in [0.5, 0.6) is 0 Å². The molecule has 8 heteroatoms.